The molecule has 3 atom stereocenters. The van der Waals surface area contributed by atoms with Crippen molar-refractivity contribution < 1.29 is 4.79 Å². The Bertz CT molecular complexity index is 841. The summed E-state index contributed by atoms with van der Waals surface area (Å²) in [6.45, 7) is 6.71. The van der Waals surface area contributed by atoms with Crippen molar-refractivity contribution in [3.8, 4) is 0 Å². The fraction of sp³-hybridized carbons (Fsp3) is 0.409. The molecule has 2 aromatic rings. The monoisotopic (exact) mass is 442 g/mol. The molecule has 2 fully saturated rings. The van der Waals surface area contributed by atoms with Gasteiger partial charge in [0, 0.05) is 41.9 Å². The molecule has 148 valence electrons. The van der Waals surface area contributed by atoms with Gasteiger partial charge in [-0.2, -0.15) is 0 Å². The summed E-state index contributed by atoms with van der Waals surface area (Å²) in [5.41, 5.74) is 10.2. The average molecular weight is 443 g/mol. The Morgan fingerprint density at radius 1 is 1.11 bits per heavy atom. The Kier molecular flexibility index (Phi) is 5.71. The molecule has 0 aromatic heterocycles. The smallest absolute Gasteiger partial charge is 0.241 e. The molecule has 0 bridgehead atoms. The summed E-state index contributed by atoms with van der Waals surface area (Å²) in [7, 11) is 0. The molecule has 2 aliphatic heterocycles. The van der Waals surface area contributed by atoms with Gasteiger partial charge in [0.2, 0.25) is 5.91 Å². The summed E-state index contributed by atoms with van der Waals surface area (Å²) in [6.07, 6.45) is 0.771. The van der Waals surface area contributed by atoms with Crippen molar-refractivity contribution in [1.29, 1.82) is 0 Å². The van der Waals surface area contributed by atoms with Gasteiger partial charge in [0.25, 0.3) is 0 Å². The molecule has 0 radical (unpaired) electrons. The van der Waals surface area contributed by atoms with Crippen molar-refractivity contribution in [1.82, 2.24) is 15.8 Å². The SMILES string of the molecule is Cc1cccc(N2CCN(C(=O)C3CC(c4ccc(Br)cc4)NN3)CC2C)c1. The normalized spacial score (nSPS) is 25.2. The lowest BCUT2D eigenvalue weighted by molar-refractivity contribution is -0.134. The molecule has 0 aliphatic carbocycles. The third-order valence-corrected chi connectivity index (χ3v) is 6.27. The highest BCUT2D eigenvalue weighted by Gasteiger charge is 2.35. The van der Waals surface area contributed by atoms with E-state index < -0.39 is 0 Å². The molecule has 4 rings (SSSR count). The summed E-state index contributed by atoms with van der Waals surface area (Å²) in [4.78, 5) is 17.5. The topological polar surface area (TPSA) is 47.6 Å². The first-order chi connectivity index (χ1) is 13.5. The Morgan fingerprint density at radius 2 is 1.89 bits per heavy atom. The first-order valence-electron chi connectivity index (χ1n) is 9.90. The molecule has 2 heterocycles. The molecule has 2 aromatic carbocycles. The number of aryl methyl sites for hydroxylation is 1. The van der Waals surface area contributed by atoms with Gasteiger partial charge in [0.1, 0.15) is 6.04 Å². The van der Waals surface area contributed by atoms with Crippen LogP contribution >= 0.6 is 15.9 Å². The molecular formula is C22H27BrN4O. The number of rotatable bonds is 3. The maximum atomic E-state index is 13.1. The number of halogens is 1. The Labute approximate surface area is 175 Å². The average Bonchev–Trinajstić information content (AvgIpc) is 3.18. The van der Waals surface area contributed by atoms with E-state index in [4.69, 9.17) is 0 Å². The summed E-state index contributed by atoms with van der Waals surface area (Å²) in [5, 5.41) is 0. The first kappa shape index (κ1) is 19.4. The van der Waals surface area contributed by atoms with E-state index in [0.29, 0.717) is 6.04 Å². The van der Waals surface area contributed by atoms with Crippen LogP contribution in [-0.4, -0.2) is 42.5 Å². The standard InChI is InChI=1S/C22H27BrN4O/c1-15-4-3-5-19(12-15)27-11-10-26(14-16(27)2)22(28)21-13-20(24-25-21)17-6-8-18(23)9-7-17/h3-9,12,16,20-21,24-25H,10-11,13-14H2,1-2H3. The van der Waals surface area contributed by atoms with Crippen LogP contribution in [0.1, 0.15) is 30.5 Å². The second-order valence-corrected chi connectivity index (χ2v) is 8.76. The zero-order chi connectivity index (χ0) is 19.7. The predicted octanol–water partition coefficient (Wildman–Crippen LogP) is 3.40. The first-order valence-corrected chi connectivity index (χ1v) is 10.7. The van der Waals surface area contributed by atoms with Crippen LogP contribution in [0, 0.1) is 6.92 Å². The van der Waals surface area contributed by atoms with Crippen molar-refractivity contribution in [2.75, 3.05) is 24.5 Å². The second-order valence-electron chi connectivity index (χ2n) is 7.85. The Balaban J connectivity index is 1.36. The fourth-order valence-corrected chi connectivity index (χ4v) is 4.46. The van der Waals surface area contributed by atoms with Gasteiger partial charge < -0.3 is 9.80 Å². The van der Waals surface area contributed by atoms with Crippen LogP contribution in [0.3, 0.4) is 0 Å². The third kappa shape index (κ3) is 4.09. The second kappa shape index (κ2) is 8.23. The lowest BCUT2D eigenvalue weighted by atomic mass is 10.0. The van der Waals surface area contributed by atoms with E-state index in [1.165, 1.54) is 16.8 Å². The molecule has 0 spiro atoms. The number of piperazine rings is 1. The van der Waals surface area contributed by atoms with Crippen LogP contribution < -0.4 is 15.8 Å². The molecule has 3 unspecified atom stereocenters. The molecular weight excluding hydrogens is 416 g/mol. The number of nitrogens with one attached hydrogen (secondary N) is 2. The van der Waals surface area contributed by atoms with Gasteiger partial charge in [-0.1, -0.05) is 40.2 Å². The van der Waals surface area contributed by atoms with E-state index in [0.717, 1.165) is 30.5 Å². The molecule has 2 aliphatic rings. The summed E-state index contributed by atoms with van der Waals surface area (Å²) >= 11 is 3.47. The number of carbonyl (C=O) groups excluding carboxylic acids is 1. The lowest BCUT2D eigenvalue weighted by Crippen LogP contribution is -2.57. The zero-order valence-electron chi connectivity index (χ0n) is 16.4. The minimum atomic E-state index is -0.175. The van der Waals surface area contributed by atoms with E-state index >= 15 is 0 Å². The highest BCUT2D eigenvalue weighted by Crippen LogP contribution is 2.26. The van der Waals surface area contributed by atoms with Crippen molar-refractivity contribution in [3.63, 3.8) is 0 Å². The molecule has 1 amide bonds. The maximum Gasteiger partial charge on any atom is 0.241 e. The largest absolute Gasteiger partial charge is 0.365 e. The molecule has 6 heteroatoms. The van der Waals surface area contributed by atoms with Crippen LogP contribution in [0.5, 0.6) is 0 Å². The number of amides is 1. The van der Waals surface area contributed by atoms with Crippen LogP contribution in [0.2, 0.25) is 0 Å². The number of nitrogens with zero attached hydrogens (tertiary/aromatic N) is 2. The fourth-order valence-electron chi connectivity index (χ4n) is 4.20. The van der Waals surface area contributed by atoms with E-state index in [9.17, 15) is 4.79 Å². The van der Waals surface area contributed by atoms with Crippen molar-refractivity contribution in [2.45, 2.75) is 38.4 Å². The minimum Gasteiger partial charge on any atom is -0.365 e. The number of anilines is 1. The van der Waals surface area contributed by atoms with Crippen LogP contribution in [0.25, 0.3) is 0 Å². The highest BCUT2D eigenvalue weighted by molar-refractivity contribution is 9.10. The molecule has 0 saturated carbocycles. The number of hydrazine groups is 1. The number of hydrogen-bond acceptors (Lipinski definition) is 4. The number of benzene rings is 2. The molecule has 5 nitrogen and oxygen atoms in total. The Morgan fingerprint density at radius 3 is 2.61 bits per heavy atom. The molecule has 28 heavy (non-hydrogen) atoms. The van der Waals surface area contributed by atoms with E-state index in [2.05, 4.69) is 81.9 Å². The summed E-state index contributed by atoms with van der Waals surface area (Å²) in [6, 6.07) is 17.2. The maximum absolute atomic E-state index is 13.1. The third-order valence-electron chi connectivity index (χ3n) is 5.75. The number of carbonyl (C=O) groups is 1. The van der Waals surface area contributed by atoms with Gasteiger partial charge in [-0.05, 0) is 55.7 Å². The summed E-state index contributed by atoms with van der Waals surface area (Å²) in [5.74, 6) is 0.197. The van der Waals surface area contributed by atoms with Gasteiger partial charge in [0.15, 0.2) is 0 Å². The van der Waals surface area contributed by atoms with E-state index in [1.54, 1.807) is 0 Å². The van der Waals surface area contributed by atoms with E-state index in [-0.39, 0.29) is 18.0 Å². The molecule has 2 saturated heterocycles. The van der Waals surface area contributed by atoms with Gasteiger partial charge >= 0.3 is 0 Å². The lowest BCUT2D eigenvalue weighted by Gasteiger charge is -2.42. The zero-order valence-corrected chi connectivity index (χ0v) is 17.9. The van der Waals surface area contributed by atoms with Crippen LogP contribution in [0.15, 0.2) is 53.0 Å². The van der Waals surface area contributed by atoms with Crippen molar-refractivity contribution in [3.05, 3.63) is 64.1 Å². The number of hydrogen-bond donors (Lipinski definition) is 2. The quantitative estimate of drug-likeness (QED) is 0.764. The van der Waals surface area contributed by atoms with Gasteiger partial charge in [-0.25, -0.2) is 10.9 Å². The van der Waals surface area contributed by atoms with Gasteiger partial charge in [0.05, 0.1) is 0 Å². The van der Waals surface area contributed by atoms with E-state index in [1.807, 2.05) is 17.0 Å². The van der Waals surface area contributed by atoms with Crippen LogP contribution in [-0.2, 0) is 4.79 Å². The van der Waals surface area contributed by atoms with Gasteiger partial charge in [-0.3, -0.25) is 4.79 Å². The van der Waals surface area contributed by atoms with Gasteiger partial charge in [-0.15, -0.1) is 0 Å². The molecule has 2 N–H and O–H groups in total. The van der Waals surface area contributed by atoms with Crippen molar-refractivity contribution >= 4 is 27.5 Å². The predicted molar refractivity (Wildman–Crippen MR) is 116 cm³/mol. The summed E-state index contributed by atoms with van der Waals surface area (Å²) < 4.78 is 1.07. The minimum absolute atomic E-state index is 0.160. The highest BCUT2D eigenvalue weighted by atomic mass is 79.9. The van der Waals surface area contributed by atoms with Crippen molar-refractivity contribution in [2.24, 2.45) is 0 Å². The van der Waals surface area contributed by atoms with Crippen LogP contribution in [0.4, 0.5) is 5.69 Å². The Hall–Kier alpha value is -1.89.